The Bertz CT molecular complexity index is 807. The fourth-order valence-corrected chi connectivity index (χ4v) is 3.00. The van der Waals surface area contributed by atoms with Crippen LogP contribution in [0.5, 0.6) is 0 Å². The molecule has 1 heterocycles. The quantitative estimate of drug-likeness (QED) is 0.930. The Hall–Kier alpha value is -2.88. The summed E-state index contributed by atoms with van der Waals surface area (Å²) >= 11 is 0. The van der Waals surface area contributed by atoms with Crippen LogP contribution in [0.4, 0.5) is 5.69 Å². The number of amides is 1. The topological polar surface area (TPSA) is 57.6 Å². The SMILES string of the molecule is CCC(=O)C1=C(O)C(=O)N(c2ccc(C)cc2)C1c1ccccc1. The van der Waals surface area contributed by atoms with Crippen LogP contribution in [0.1, 0.15) is 30.5 Å². The molecule has 0 aliphatic carbocycles. The van der Waals surface area contributed by atoms with Gasteiger partial charge < -0.3 is 5.11 Å². The van der Waals surface area contributed by atoms with Gasteiger partial charge in [0.05, 0.1) is 11.6 Å². The largest absolute Gasteiger partial charge is 0.503 e. The molecule has 2 aromatic rings. The highest BCUT2D eigenvalue weighted by atomic mass is 16.3. The fraction of sp³-hybridized carbons (Fsp3) is 0.200. The first-order valence-electron chi connectivity index (χ1n) is 7.96. The summed E-state index contributed by atoms with van der Waals surface area (Å²) in [5.41, 5.74) is 2.70. The third-order valence-electron chi connectivity index (χ3n) is 4.26. The molecule has 0 bridgehead atoms. The van der Waals surface area contributed by atoms with Crippen molar-refractivity contribution in [2.24, 2.45) is 0 Å². The number of aliphatic hydroxyl groups is 1. The molecule has 0 fully saturated rings. The third-order valence-corrected chi connectivity index (χ3v) is 4.26. The van der Waals surface area contributed by atoms with E-state index in [1.807, 2.05) is 61.5 Å². The first-order chi connectivity index (χ1) is 11.5. The lowest BCUT2D eigenvalue weighted by molar-refractivity contribution is -0.118. The molecule has 122 valence electrons. The molecular formula is C20H19NO3. The molecule has 1 N–H and O–H groups in total. The number of hydrogen-bond acceptors (Lipinski definition) is 3. The Kier molecular flexibility index (Phi) is 4.21. The summed E-state index contributed by atoms with van der Waals surface area (Å²) in [6, 6.07) is 16.2. The highest BCUT2D eigenvalue weighted by molar-refractivity contribution is 6.16. The molecule has 4 nitrogen and oxygen atoms in total. The van der Waals surface area contributed by atoms with Crippen molar-refractivity contribution >= 4 is 17.4 Å². The van der Waals surface area contributed by atoms with E-state index in [-0.39, 0.29) is 17.8 Å². The smallest absolute Gasteiger partial charge is 0.294 e. The molecule has 4 heteroatoms. The van der Waals surface area contributed by atoms with Gasteiger partial charge in [0.2, 0.25) is 0 Å². The molecular weight excluding hydrogens is 302 g/mol. The van der Waals surface area contributed by atoms with Gasteiger partial charge >= 0.3 is 0 Å². The number of Topliss-reactive ketones (excluding diaryl/α,β-unsaturated/α-hetero) is 1. The molecule has 0 saturated heterocycles. The first kappa shape index (κ1) is 16.0. The lowest BCUT2D eigenvalue weighted by Crippen LogP contribution is -2.30. The van der Waals surface area contributed by atoms with E-state index in [0.29, 0.717) is 5.69 Å². The average molecular weight is 321 g/mol. The third kappa shape index (κ3) is 2.60. The molecule has 1 aliphatic rings. The fourth-order valence-electron chi connectivity index (χ4n) is 3.00. The minimum absolute atomic E-state index is 0.175. The Labute approximate surface area is 141 Å². The minimum Gasteiger partial charge on any atom is -0.503 e. The van der Waals surface area contributed by atoms with Gasteiger partial charge in [-0.05, 0) is 24.6 Å². The number of hydrogen-bond donors (Lipinski definition) is 1. The van der Waals surface area contributed by atoms with Crippen molar-refractivity contribution in [1.82, 2.24) is 0 Å². The van der Waals surface area contributed by atoms with Crippen LogP contribution in [0.2, 0.25) is 0 Å². The number of anilines is 1. The second kappa shape index (κ2) is 6.32. The molecule has 1 amide bonds. The number of carbonyl (C=O) groups excluding carboxylic acids is 2. The van der Waals surface area contributed by atoms with E-state index in [1.165, 1.54) is 4.90 Å². The van der Waals surface area contributed by atoms with Gasteiger partial charge in [0.15, 0.2) is 11.5 Å². The second-order valence-corrected chi connectivity index (χ2v) is 5.86. The van der Waals surface area contributed by atoms with E-state index in [9.17, 15) is 14.7 Å². The molecule has 2 aromatic carbocycles. The normalized spacial score (nSPS) is 17.5. The summed E-state index contributed by atoms with van der Waals surface area (Å²) in [7, 11) is 0. The van der Waals surface area contributed by atoms with Gasteiger partial charge in [0, 0.05) is 12.1 Å². The Balaban J connectivity index is 2.16. The lowest BCUT2D eigenvalue weighted by Gasteiger charge is -2.27. The predicted molar refractivity (Wildman–Crippen MR) is 92.8 cm³/mol. The summed E-state index contributed by atoms with van der Waals surface area (Å²) < 4.78 is 0. The average Bonchev–Trinajstić information content (AvgIpc) is 2.87. The van der Waals surface area contributed by atoms with Gasteiger partial charge in [-0.15, -0.1) is 0 Å². The maximum absolute atomic E-state index is 12.7. The molecule has 24 heavy (non-hydrogen) atoms. The first-order valence-corrected chi connectivity index (χ1v) is 7.96. The van der Waals surface area contributed by atoms with Crippen molar-refractivity contribution < 1.29 is 14.7 Å². The number of rotatable bonds is 4. The Morgan fingerprint density at radius 3 is 2.29 bits per heavy atom. The van der Waals surface area contributed by atoms with Crippen molar-refractivity contribution in [1.29, 1.82) is 0 Å². The zero-order valence-corrected chi connectivity index (χ0v) is 13.7. The van der Waals surface area contributed by atoms with Crippen LogP contribution in [0, 0.1) is 6.92 Å². The van der Waals surface area contributed by atoms with Gasteiger partial charge in [0.25, 0.3) is 5.91 Å². The van der Waals surface area contributed by atoms with E-state index in [1.54, 1.807) is 6.92 Å². The van der Waals surface area contributed by atoms with Gasteiger partial charge in [0.1, 0.15) is 0 Å². The molecule has 1 aliphatic heterocycles. The summed E-state index contributed by atoms with van der Waals surface area (Å²) in [5, 5.41) is 10.3. The minimum atomic E-state index is -0.603. The van der Waals surface area contributed by atoms with Crippen molar-refractivity contribution in [2.45, 2.75) is 26.3 Å². The molecule has 0 radical (unpaired) electrons. The lowest BCUT2D eigenvalue weighted by atomic mass is 9.95. The molecule has 0 aromatic heterocycles. The maximum atomic E-state index is 12.7. The van der Waals surface area contributed by atoms with Crippen LogP contribution < -0.4 is 4.90 Å². The highest BCUT2D eigenvalue weighted by Crippen LogP contribution is 2.41. The number of ketones is 1. The van der Waals surface area contributed by atoms with Crippen LogP contribution in [-0.4, -0.2) is 16.8 Å². The number of aryl methyl sites for hydroxylation is 1. The van der Waals surface area contributed by atoms with E-state index in [4.69, 9.17) is 0 Å². The molecule has 0 spiro atoms. The van der Waals surface area contributed by atoms with Gasteiger partial charge in [-0.3, -0.25) is 14.5 Å². The van der Waals surface area contributed by atoms with Crippen molar-refractivity contribution in [3.63, 3.8) is 0 Å². The molecule has 3 rings (SSSR count). The van der Waals surface area contributed by atoms with E-state index >= 15 is 0 Å². The zero-order valence-electron chi connectivity index (χ0n) is 13.7. The second-order valence-electron chi connectivity index (χ2n) is 5.86. The molecule has 1 atom stereocenters. The van der Waals surface area contributed by atoms with Crippen LogP contribution in [0.3, 0.4) is 0 Å². The Morgan fingerprint density at radius 2 is 1.71 bits per heavy atom. The number of benzene rings is 2. The Morgan fingerprint density at radius 1 is 1.08 bits per heavy atom. The van der Waals surface area contributed by atoms with Crippen molar-refractivity contribution in [3.8, 4) is 0 Å². The van der Waals surface area contributed by atoms with Gasteiger partial charge in [-0.25, -0.2) is 0 Å². The standard InChI is InChI=1S/C20H19NO3/c1-3-16(22)17-18(14-7-5-4-6-8-14)21(20(24)19(17)23)15-11-9-13(2)10-12-15/h4-12,18,23H,3H2,1-2H3. The van der Waals surface area contributed by atoms with Crippen LogP contribution >= 0.6 is 0 Å². The van der Waals surface area contributed by atoms with Crippen molar-refractivity contribution in [2.75, 3.05) is 4.90 Å². The van der Waals surface area contributed by atoms with Crippen LogP contribution in [0.25, 0.3) is 0 Å². The summed E-state index contributed by atoms with van der Waals surface area (Å²) in [6.07, 6.45) is 0.234. The summed E-state index contributed by atoms with van der Waals surface area (Å²) in [5.74, 6) is -1.20. The molecule has 1 unspecified atom stereocenters. The van der Waals surface area contributed by atoms with E-state index in [0.717, 1.165) is 11.1 Å². The summed E-state index contributed by atoms with van der Waals surface area (Å²) in [4.78, 5) is 26.6. The highest BCUT2D eigenvalue weighted by Gasteiger charge is 2.43. The number of carbonyl (C=O) groups is 2. The van der Waals surface area contributed by atoms with E-state index < -0.39 is 17.7 Å². The van der Waals surface area contributed by atoms with Gasteiger partial charge in [-0.2, -0.15) is 0 Å². The zero-order chi connectivity index (χ0) is 17.3. The predicted octanol–water partition coefficient (Wildman–Crippen LogP) is 3.87. The van der Waals surface area contributed by atoms with Crippen LogP contribution in [-0.2, 0) is 9.59 Å². The summed E-state index contributed by atoms with van der Waals surface area (Å²) in [6.45, 7) is 3.69. The monoisotopic (exact) mass is 321 g/mol. The number of nitrogens with zero attached hydrogens (tertiary/aromatic N) is 1. The number of aliphatic hydroxyl groups excluding tert-OH is 1. The van der Waals surface area contributed by atoms with Crippen molar-refractivity contribution in [3.05, 3.63) is 77.1 Å². The van der Waals surface area contributed by atoms with Gasteiger partial charge in [-0.1, -0.05) is 55.0 Å². The maximum Gasteiger partial charge on any atom is 0.294 e. The van der Waals surface area contributed by atoms with Crippen LogP contribution in [0.15, 0.2) is 65.9 Å². The molecule has 0 saturated carbocycles. The van der Waals surface area contributed by atoms with E-state index in [2.05, 4.69) is 0 Å².